The number of carboxylic acid groups (broad SMARTS) is 1. The maximum absolute atomic E-state index is 10.7. The molecule has 0 bridgehead atoms. The summed E-state index contributed by atoms with van der Waals surface area (Å²) in [7, 11) is 1.62. The average molecular weight is 338 g/mol. The van der Waals surface area contributed by atoms with E-state index in [1.54, 1.807) is 13.2 Å². The largest absolute Gasteiger partial charge is 0.496 e. The van der Waals surface area contributed by atoms with Gasteiger partial charge in [-0.2, -0.15) is 0 Å². The van der Waals surface area contributed by atoms with E-state index in [0.717, 1.165) is 41.5 Å². The van der Waals surface area contributed by atoms with Crippen molar-refractivity contribution in [2.45, 2.75) is 32.3 Å². The molecule has 4 heteroatoms. The number of benzene rings is 2. The number of carbonyl (C=O) groups is 1. The molecule has 130 valence electrons. The quantitative estimate of drug-likeness (QED) is 0.800. The van der Waals surface area contributed by atoms with Crippen molar-refractivity contribution in [3.63, 3.8) is 0 Å². The lowest BCUT2D eigenvalue weighted by molar-refractivity contribution is -0.131. The Labute approximate surface area is 147 Å². The Kier molecular flexibility index (Phi) is 5.39. The topological polar surface area (TPSA) is 55.8 Å². The highest BCUT2D eigenvalue weighted by Gasteiger charge is 2.11. The molecule has 0 atom stereocenters. The number of fused-ring (bicyclic) bond motifs is 1. The molecule has 0 unspecified atom stereocenters. The third-order valence-corrected chi connectivity index (χ3v) is 4.44. The lowest BCUT2D eigenvalue weighted by atomic mass is 9.92. The maximum atomic E-state index is 10.7. The molecule has 0 radical (unpaired) electrons. The fourth-order valence-corrected chi connectivity index (χ4v) is 3.14. The molecule has 2 aromatic carbocycles. The van der Waals surface area contributed by atoms with E-state index in [9.17, 15) is 4.79 Å². The minimum atomic E-state index is -0.970. The van der Waals surface area contributed by atoms with Gasteiger partial charge in [-0.15, -0.1) is 0 Å². The van der Waals surface area contributed by atoms with Crippen LogP contribution in [0.5, 0.6) is 11.5 Å². The Morgan fingerprint density at radius 2 is 1.92 bits per heavy atom. The summed E-state index contributed by atoms with van der Waals surface area (Å²) >= 11 is 0. The second kappa shape index (κ2) is 7.88. The van der Waals surface area contributed by atoms with E-state index in [-0.39, 0.29) is 0 Å². The number of hydrogen-bond donors (Lipinski definition) is 1. The van der Waals surface area contributed by atoms with Crippen LogP contribution in [0, 0.1) is 0 Å². The highest BCUT2D eigenvalue weighted by atomic mass is 16.5. The van der Waals surface area contributed by atoms with E-state index in [1.165, 1.54) is 24.0 Å². The predicted octanol–water partition coefficient (Wildman–Crippen LogP) is 4.25. The van der Waals surface area contributed by atoms with Crippen LogP contribution in [-0.4, -0.2) is 18.2 Å². The average Bonchev–Trinajstić information content (AvgIpc) is 2.64. The Morgan fingerprint density at radius 3 is 2.68 bits per heavy atom. The van der Waals surface area contributed by atoms with Crippen LogP contribution in [0.25, 0.3) is 6.08 Å². The third kappa shape index (κ3) is 4.41. The van der Waals surface area contributed by atoms with Crippen molar-refractivity contribution in [3.05, 3.63) is 64.7 Å². The van der Waals surface area contributed by atoms with Crippen molar-refractivity contribution in [1.29, 1.82) is 0 Å². The van der Waals surface area contributed by atoms with E-state index >= 15 is 0 Å². The molecular weight excluding hydrogens is 316 g/mol. The molecular formula is C21H22O4. The van der Waals surface area contributed by atoms with Crippen LogP contribution >= 0.6 is 0 Å². The SMILES string of the molecule is COc1ccc(C=CC(=O)O)cc1COc1ccc2c(c1)CCCC2. The van der Waals surface area contributed by atoms with E-state index in [1.807, 2.05) is 24.3 Å². The first-order valence-electron chi connectivity index (χ1n) is 8.48. The number of hydrogen-bond acceptors (Lipinski definition) is 3. The molecule has 0 amide bonds. The van der Waals surface area contributed by atoms with Gasteiger partial charge in [-0.1, -0.05) is 12.1 Å². The van der Waals surface area contributed by atoms with Gasteiger partial charge in [0.2, 0.25) is 0 Å². The molecule has 0 aromatic heterocycles. The van der Waals surface area contributed by atoms with Crippen molar-refractivity contribution < 1.29 is 19.4 Å². The molecule has 1 aliphatic carbocycles. The van der Waals surface area contributed by atoms with Crippen LogP contribution in [0.1, 0.15) is 35.1 Å². The number of ether oxygens (including phenoxy) is 2. The van der Waals surface area contributed by atoms with Crippen LogP contribution in [-0.2, 0) is 24.2 Å². The first-order chi connectivity index (χ1) is 12.2. The highest BCUT2D eigenvalue weighted by Crippen LogP contribution is 2.27. The Hall–Kier alpha value is -2.75. The molecule has 0 fully saturated rings. The summed E-state index contributed by atoms with van der Waals surface area (Å²) in [5.74, 6) is 0.613. The van der Waals surface area contributed by atoms with Gasteiger partial charge < -0.3 is 14.6 Å². The fraction of sp³-hybridized carbons (Fsp3) is 0.286. The first-order valence-corrected chi connectivity index (χ1v) is 8.48. The second-order valence-electron chi connectivity index (χ2n) is 6.17. The van der Waals surface area contributed by atoms with Crippen molar-refractivity contribution in [3.8, 4) is 11.5 Å². The summed E-state index contributed by atoms with van der Waals surface area (Å²) in [5.41, 5.74) is 4.49. The van der Waals surface area contributed by atoms with E-state index in [2.05, 4.69) is 12.1 Å². The lowest BCUT2D eigenvalue weighted by Crippen LogP contribution is -2.04. The Bertz CT molecular complexity index is 792. The zero-order chi connectivity index (χ0) is 17.6. The van der Waals surface area contributed by atoms with Gasteiger partial charge in [-0.3, -0.25) is 0 Å². The summed E-state index contributed by atoms with van der Waals surface area (Å²) in [6.07, 6.45) is 7.45. The first kappa shape index (κ1) is 17.1. The molecule has 1 aliphatic rings. The van der Waals surface area contributed by atoms with Crippen LogP contribution in [0.15, 0.2) is 42.5 Å². The van der Waals surface area contributed by atoms with Gasteiger partial charge in [0.1, 0.15) is 18.1 Å². The minimum absolute atomic E-state index is 0.372. The van der Waals surface area contributed by atoms with Crippen molar-refractivity contribution in [2.24, 2.45) is 0 Å². The summed E-state index contributed by atoms with van der Waals surface area (Å²) in [6, 6.07) is 11.8. The van der Waals surface area contributed by atoms with Gasteiger partial charge in [0, 0.05) is 11.6 Å². The van der Waals surface area contributed by atoms with Gasteiger partial charge in [0.25, 0.3) is 0 Å². The van der Waals surface area contributed by atoms with Gasteiger partial charge in [-0.05, 0) is 72.7 Å². The monoisotopic (exact) mass is 338 g/mol. The van der Waals surface area contributed by atoms with Crippen LogP contribution < -0.4 is 9.47 Å². The highest BCUT2D eigenvalue weighted by molar-refractivity contribution is 5.85. The molecule has 2 aromatic rings. The number of methoxy groups -OCH3 is 1. The smallest absolute Gasteiger partial charge is 0.328 e. The molecule has 1 N–H and O–H groups in total. The summed E-state index contributed by atoms with van der Waals surface area (Å²) in [4.78, 5) is 10.7. The number of aliphatic carboxylic acids is 1. The molecule has 0 saturated carbocycles. The lowest BCUT2D eigenvalue weighted by Gasteiger charge is -2.17. The van der Waals surface area contributed by atoms with E-state index in [0.29, 0.717) is 6.61 Å². The summed E-state index contributed by atoms with van der Waals surface area (Å²) in [5, 5.41) is 8.76. The molecule has 3 rings (SSSR count). The van der Waals surface area contributed by atoms with Gasteiger partial charge >= 0.3 is 5.97 Å². The van der Waals surface area contributed by atoms with E-state index in [4.69, 9.17) is 14.6 Å². The molecule has 0 heterocycles. The zero-order valence-electron chi connectivity index (χ0n) is 14.3. The zero-order valence-corrected chi connectivity index (χ0v) is 14.3. The number of rotatable bonds is 6. The predicted molar refractivity (Wildman–Crippen MR) is 97.1 cm³/mol. The van der Waals surface area contributed by atoms with Crippen molar-refractivity contribution in [2.75, 3.05) is 7.11 Å². The van der Waals surface area contributed by atoms with E-state index < -0.39 is 5.97 Å². The molecule has 4 nitrogen and oxygen atoms in total. The normalized spacial score (nSPS) is 13.5. The van der Waals surface area contributed by atoms with Crippen LogP contribution in [0.4, 0.5) is 0 Å². The van der Waals surface area contributed by atoms with Gasteiger partial charge in [-0.25, -0.2) is 4.79 Å². The van der Waals surface area contributed by atoms with Gasteiger partial charge in [0.15, 0.2) is 0 Å². The second-order valence-corrected chi connectivity index (χ2v) is 6.17. The third-order valence-electron chi connectivity index (χ3n) is 4.44. The minimum Gasteiger partial charge on any atom is -0.496 e. The Morgan fingerprint density at radius 1 is 1.12 bits per heavy atom. The molecule has 0 spiro atoms. The maximum Gasteiger partial charge on any atom is 0.328 e. The number of carboxylic acids is 1. The van der Waals surface area contributed by atoms with Crippen molar-refractivity contribution in [1.82, 2.24) is 0 Å². The standard InChI is InChI=1S/C21H22O4/c1-24-20-10-6-15(7-11-21(22)23)12-18(20)14-25-19-9-8-16-4-2-3-5-17(16)13-19/h6-13H,2-5,14H2,1H3,(H,22,23). The summed E-state index contributed by atoms with van der Waals surface area (Å²) in [6.45, 7) is 0.372. The van der Waals surface area contributed by atoms with Crippen LogP contribution in [0.3, 0.4) is 0 Å². The summed E-state index contributed by atoms with van der Waals surface area (Å²) < 4.78 is 11.3. The van der Waals surface area contributed by atoms with Crippen molar-refractivity contribution >= 4 is 12.0 Å². The Balaban J connectivity index is 1.75. The number of aryl methyl sites for hydroxylation is 2. The molecule has 0 aliphatic heterocycles. The van der Waals surface area contributed by atoms with Crippen LogP contribution in [0.2, 0.25) is 0 Å². The molecule has 25 heavy (non-hydrogen) atoms. The fourth-order valence-electron chi connectivity index (χ4n) is 3.14. The van der Waals surface area contributed by atoms with Gasteiger partial charge in [0.05, 0.1) is 7.11 Å². The molecule has 0 saturated heterocycles.